The van der Waals surface area contributed by atoms with Crippen LogP contribution in [0.1, 0.15) is 32.6 Å². The molecule has 0 saturated heterocycles. The summed E-state index contributed by atoms with van der Waals surface area (Å²) in [5.41, 5.74) is -0.749. The Morgan fingerprint density at radius 3 is 2.13 bits per heavy atom. The van der Waals surface area contributed by atoms with E-state index in [2.05, 4.69) is 11.4 Å². The topological polar surface area (TPSA) is 90.2 Å². The highest BCUT2D eigenvalue weighted by Crippen LogP contribution is 2.32. The number of aliphatic hydroxyl groups is 2. The summed E-state index contributed by atoms with van der Waals surface area (Å²) in [5.74, 6) is 0. The Balaban J connectivity index is 4.05. The highest BCUT2D eigenvalue weighted by atomic mass is 31.2. The van der Waals surface area contributed by atoms with Crippen molar-refractivity contribution in [3.05, 3.63) is 0 Å². The predicted molar refractivity (Wildman–Crippen MR) is 58.1 cm³/mol. The van der Waals surface area contributed by atoms with E-state index < -0.39 is 14.0 Å². The van der Waals surface area contributed by atoms with Gasteiger partial charge in [-0.15, -0.1) is 0 Å². The van der Waals surface area contributed by atoms with E-state index in [0.717, 1.165) is 19.3 Å². The second-order valence-corrected chi connectivity index (χ2v) is 4.56. The van der Waals surface area contributed by atoms with E-state index in [1.54, 1.807) is 0 Å². The minimum atomic E-state index is -2.42. The van der Waals surface area contributed by atoms with E-state index in [1.165, 1.54) is 0 Å². The fraction of sp³-hybridized carbons (Fsp3) is 1.00. The predicted octanol–water partition coefficient (Wildman–Crippen LogP) is 0.766. The number of rotatable bonds is 9. The van der Waals surface area contributed by atoms with Crippen LogP contribution in [0.15, 0.2) is 0 Å². The molecule has 0 aromatic heterocycles. The Hall–Kier alpha value is 0.230. The maximum absolute atomic E-state index is 9.19. The van der Waals surface area contributed by atoms with Crippen molar-refractivity contribution in [1.82, 2.24) is 0 Å². The van der Waals surface area contributed by atoms with Gasteiger partial charge in [-0.1, -0.05) is 26.2 Å². The number of unbranched alkanes of at least 4 members (excludes halogenated alkanes) is 2. The monoisotopic (exact) mass is 240 g/mol. The average Bonchev–Trinajstić information content (AvgIpc) is 2.23. The molecule has 0 aromatic rings. The quantitative estimate of drug-likeness (QED) is 0.353. The van der Waals surface area contributed by atoms with Crippen LogP contribution >= 0.6 is 8.60 Å². The Labute approximate surface area is 91.7 Å². The van der Waals surface area contributed by atoms with E-state index >= 15 is 0 Å². The van der Waals surface area contributed by atoms with Gasteiger partial charge in [0.15, 0.2) is 0 Å². The molecular formula is C9H21O5P. The van der Waals surface area contributed by atoms with Crippen LogP contribution in [-0.4, -0.2) is 39.8 Å². The van der Waals surface area contributed by atoms with Gasteiger partial charge in [0.1, 0.15) is 0 Å². The fourth-order valence-electron chi connectivity index (χ4n) is 1.32. The summed E-state index contributed by atoms with van der Waals surface area (Å²) >= 11 is 0. The number of hydrogen-bond acceptors (Lipinski definition) is 5. The molecule has 4 N–H and O–H groups in total. The number of aliphatic hydroxyl groups excluding tert-OH is 2. The zero-order valence-corrected chi connectivity index (χ0v) is 9.99. The van der Waals surface area contributed by atoms with Crippen molar-refractivity contribution in [3.63, 3.8) is 0 Å². The molecule has 0 unspecified atom stereocenters. The lowest BCUT2D eigenvalue weighted by atomic mass is 9.85. The van der Waals surface area contributed by atoms with Crippen LogP contribution in [0.2, 0.25) is 0 Å². The second kappa shape index (κ2) is 8.39. The average molecular weight is 240 g/mol. The largest absolute Gasteiger partial charge is 0.396 e. The first-order valence-electron chi connectivity index (χ1n) is 5.13. The van der Waals surface area contributed by atoms with Crippen LogP contribution in [0.3, 0.4) is 0 Å². The molecule has 0 atom stereocenters. The molecule has 0 aliphatic rings. The van der Waals surface area contributed by atoms with Gasteiger partial charge in [0, 0.05) is 5.41 Å². The fourth-order valence-corrected chi connectivity index (χ4v) is 1.71. The lowest BCUT2D eigenvalue weighted by molar-refractivity contribution is 0.00292. The summed E-state index contributed by atoms with van der Waals surface area (Å²) in [6, 6.07) is 0. The molecule has 15 heavy (non-hydrogen) atoms. The summed E-state index contributed by atoms with van der Waals surface area (Å²) in [6.07, 6.45) is 3.59. The van der Waals surface area contributed by atoms with Gasteiger partial charge in [0.2, 0.25) is 0 Å². The van der Waals surface area contributed by atoms with Gasteiger partial charge in [-0.25, -0.2) is 0 Å². The molecule has 0 saturated carbocycles. The van der Waals surface area contributed by atoms with E-state index in [0.29, 0.717) is 6.42 Å². The summed E-state index contributed by atoms with van der Waals surface area (Å²) < 4.78 is 4.68. The van der Waals surface area contributed by atoms with Gasteiger partial charge >= 0.3 is 8.60 Å². The zero-order valence-electron chi connectivity index (χ0n) is 9.09. The summed E-state index contributed by atoms with van der Waals surface area (Å²) in [4.78, 5) is 17.2. The molecule has 0 aliphatic carbocycles. The molecule has 0 fully saturated rings. The third-order valence-corrected chi connectivity index (χ3v) is 2.83. The van der Waals surface area contributed by atoms with Crippen molar-refractivity contribution in [1.29, 1.82) is 0 Å². The Kier molecular flexibility index (Phi) is 8.52. The van der Waals surface area contributed by atoms with Crippen LogP contribution in [0.25, 0.3) is 0 Å². The first-order chi connectivity index (χ1) is 7.10. The van der Waals surface area contributed by atoms with Gasteiger partial charge in [0.05, 0.1) is 19.8 Å². The summed E-state index contributed by atoms with van der Waals surface area (Å²) in [5, 5.41) is 18.4. The summed E-state index contributed by atoms with van der Waals surface area (Å²) in [6.45, 7) is 1.62. The van der Waals surface area contributed by atoms with Crippen LogP contribution in [0, 0.1) is 5.41 Å². The molecule has 92 valence electrons. The SMILES string of the molecule is CCCCCC(CO)(CO)COP(O)O. The lowest BCUT2D eigenvalue weighted by Crippen LogP contribution is -2.34. The van der Waals surface area contributed by atoms with Crippen molar-refractivity contribution in [3.8, 4) is 0 Å². The van der Waals surface area contributed by atoms with Crippen molar-refractivity contribution in [2.45, 2.75) is 32.6 Å². The van der Waals surface area contributed by atoms with Gasteiger partial charge < -0.3 is 24.5 Å². The van der Waals surface area contributed by atoms with Crippen LogP contribution in [0.4, 0.5) is 0 Å². The van der Waals surface area contributed by atoms with E-state index in [-0.39, 0.29) is 19.8 Å². The molecule has 0 bridgehead atoms. The molecule has 6 heteroatoms. The van der Waals surface area contributed by atoms with Gasteiger partial charge in [-0.05, 0) is 6.42 Å². The standard InChI is InChI=1S/C9H21O5P/c1-2-3-4-5-9(6-10,7-11)8-14-15(12)13/h10-13H,2-8H2,1H3. The minimum Gasteiger partial charge on any atom is -0.396 e. The second-order valence-electron chi connectivity index (χ2n) is 3.80. The molecular weight excluding hydrogens is 219 g/mol. The normalized spacial score (nSPS) is 12.4. The van der Waals surface area contributed by atoms with E-state index in [9.17, 15) is 10.2 Å². The molecule has 0 spiro atoms. The zero-order chi connectivity index (χ0) is 11.7. The van der Waals surface area contributed by atoms with E-state index in [4.69, 9.17) is 9.79 Å². The smallest absolute Gasteiger partial charge is 0.327 e. The maximum Gasteiger partial charge on any atom is 0.327 e. The Morgan fingerprint density at radius 2 is 1.73 bits per heavy atom. The highest BCUT2D eigenvalue weighted by molar-refractivity contribution is 7.39. The van der Waals surface area contributed by atoms with Gasteiger partial charge in [0.25, 0.3) is 0 Å². The molecule has 0 radical (unpaired) electrons. The third-order valence-electron chi connectivity index (χ3n) is 2.47. The Bertz CT molecular complexity index is 149. The first kappa shape index (κ1) is 15.2. The molecule has 0 amide bonds. The Morgan fingerprint density at radius 1 is 1.13 bits per heavy atom. The maximum atomic E-state index is 9.19. The molecule has 0 aromatic carbocycles. The third kappa shape index (κ3) is 6.40. The molecule has 0 aliphatic heterocycles. The molecule has 0 rings (SSSR count). The van der Waals surface area contributed by atoms with Crippen molar-refractivity contribution >= 4 is 8.60 Å². The summed E-state index contributed by atoms with van der Waals surface area (Å²) in [7, 11) is -2.42. The van der Waals surface area contributed by atoms with Crippen molar-refractivity contribution in [2.24, 2.45) is 5.41 Å². The molecule has 0 heterocycles. The van der Waals surface area contributed by atoms with Crippen molar-refractivity contribution < 1.29 is 24.5 Å². The first-order valence-corrected chi connectivity index (χ1v) is 6.29. The van der Waals surface area contributed by atoms with E-state index in [1.807, 2.05) is 0 Å². The van der Waals surface area contributed by atoms with Crippen LogP contribution in [0.5, 0.6) is 0 Å². The molecule has 5 nitrogen and oxygen atoms in total. The van der Waals surface area contributed by atoms with Crippen LogP contribution in [-0.2, 0) is 4.52 Å². The minimum absolute atomic E-state index is 0.0254. The van der Waals surface area contributed by atoms with Gasteiger partial charge in [-0.3, -0.25) is 0 Å². The number of hydrogen-bond donors (Lipinski definition) is 4. The van der Waals surface area contributed by atoms with Crippen LogP contribution < -0.4 is 0 Å². The lowest BCUT2D eigenvalue weighted by Gasteiger charge is -2.29. The van der Waals surface area contributed by atoms with Crippen molar-refractivity contribution in [2.75, 3.05) is 19.8 Å². The highest BCUT2D eigenvalue weighted by Gasteiger charge is 2.29. The van der Waals surface area contributed by atoms with Gasteiger partial charge in [-0.2, -0.15) is 0 Å².